The van der Waals surface area contributed by atoms with E-state index in [1.807, 2.05) is 0 Å². The molecular formula is C24H26ClF3N2O5. The van der Waals surface area contributed by atoms with Gasteiger partial charge in [-0.15, -0.1) is 0 Å². The SMILES string of the molecule is CC(C)(C)OC(=O)N1CC(O)(c2cc([C@@](O)(CO)C3CC3)nc(-c3cc(Cl)c(F)cc3F)c2F)C1. The zero-order valence-electron chi connectivity index (χ0n) is 19.4. The van der Waals surface area contributed by atoms with E-state index in [0.717, 1.165) is 12.1 Å². The van der Waals surface area contributed by atoms with Crippen molar-refractivity contribution in [3.8, 4) is 11.3 Å². The highest BCUT2D eigenvalue weighted by Gasteiger charge is 2.51. The Morgan fingerprint density at radius 1 is 1.20 bits per heavy atom. The Morgan fingerprint density at radius 3 is 2.37 bits per heavy atom. The van der Waals surface area contributed by atoms with E-state index in [4.69, 9.17) is 16.3 Å². The molecule has 1 amide bonds. The first-order valence-corrected chi connectivity index (χ1v) is 11.5. The summed E-state index contributed by atoms with van der Waals surface area (Å²) < 4.78 is 49.4. The predicted octanol–water partition coefficient (Wildman–Crippen LogP) is 3.85. The van der Waals surface area contributed by atoms with Gasteiger partial charge in [0.25, 0.3) is 0 Å². The second-order valence-electron chi connectivity index (χ2n) is 10.2. The van der Waals surface area contributed by atoms with Gasteiger partial charge in [-0.25, -0.2) is 22.9 Å². The summed E-state index contributed by atoms with van der Waals surface area (Å²) in [5.74, 6) is -3.71. The lowest BCUT2D eigenvalue weighted by Crippen LogP contribution is -2.62. The van der Waals surface area contributed by atoms with Crippen LogP contribution in [0.15, 0.2) is 18.2 Å². The largest absolute Gasteiger partial charge is 0.444 e. The summed E-state index contributed by atoms with van der Waals surface area (Å²) in [6.07, 6.45) is 0.445. The van der Waals surface area contributed by atoms with Crippen LogP contribution in [-0.4, -0.2) is 56.6 Å². The van der Waals surface area contributed by atoms with Gasteiger partial charge >= 0.3 is 6.09 Å². The smallest absolute Gasteiger partial charge is 0.410 e. The third-order valence-corrected chi connectivity index (χ3v) is 6.51. The molecule has 1 aliphatic heterocycles. The molecule has 0 radical (unpaired) electrons. The molecular weight excluding hydrogens is 489 g/mol. The summed E-state index contributed by atoms with van der Waals surface area (Å²) in [4.78, 5) is 17.6. The van der Waals surface area contributed by atoms with Crippen LogP contribution in [-0.2, 0) is 15.9 Å². The molecule has 3 N–H and O–H groups in total. The van der Waals surface area contributed by atoms with E-state index in [-0.39, 0.29) is 30.3 Å². The number of β-amino-alcohol motifs (C(OH)–C–C–N with tert-alkyl or cyclic N) is 1. The minimum absolute atomic E-state index is 0.183. The summed E-state index contributed by atoms with van der Waals surface area (Å²) in [7, 11) is 0. The van der Waals surface area contributed by atoms with Crippen LogP contribution >= 0.6 is 11.6 Å². The fraction of sp³-hybridized carbons (Fsp3) is 0.500. The normalized spacial score (nSPS) is 19.2. The molecule has 2 aliphatic rings. The van der Waals surface area contributed by atoms with Crippen LogP contribution < -0.4 is 0 Å². The number of hydrogen-bond acceptors (Lipinski definition) is 6. The van der Waals surface area contributed by atoms with Crippen molar-refractivity contribution in [1.29, 1.82) is 0 Å². The number of ether oxygens (including phenoxy) is 1. The van der Waals surface area contributed by atoms with Crippen LogP contribution in [0.4, 0.5) is 18.0 Å². The molecule has 0 unspecified atom stereocenters. The molecule has 35 heavy (non-hydrogen) atoms. The zero-order chi connectivity index (χ0) is 25.9. The first kappa shape index (κ1) is 25.7. The van der Waals surface area contributed by atoms with E-state index in [1.165, 1.54) is 4.90 Å². The van der Waals surface area contributed by atoms with E-state index in [0.29, 0.717) is 18.9 Å². The molecule has 0 bridgehead atoms. The molecule has 7 nitrogen and oxygen atoms in total. The van der Waals surface area contributed by atoms with Crippen molar-refractivity contribution in [2.75, 3.05) is 19.7 Å². The number of amides is 1. The van der Waals surface area contributed by atoms with E-state index in [2.05, 4.69) is 4.98 Å². The number of nitrogens with zero attached hydrogens (tertiary/aromatic N) is 2. The molecule has 4 rings (SSSR count). The topological polar surface area (TPSA) is 103 Å². The van der Waals surface area contributed by atoms with Gasteiger partial charge in [0.1, 0.15) is 34.1 Å². The van der Waals surface area contributed by atoms with Gasteiger partial charge in [-0.2, -0.15) is 0 Å². The lowest BCUT2D eigenvalue weighted by Gasteiger charge is -2.47. The molecule has 2 aromatic rings. The Hall–Kier alpha value is -2.40. The van der Waals surface area contributed by atoms with Gasteiger partial charge in [-0.3, -0.25) is 0 Å². The maximum absolute atomic E-state index is 15.8. The van der Waals surface area contributed by atoms with Crippen molar-refractivity contribution in [3.63, 3.8) is 0 Å². The molecule has 0 spiro atoms. The van der Waals surface area contributed by atoms with Crippen molar-refractivity contribution < 1.29 is 38.0 Å². The minimum Gasteiger partial charge on any atom is -0.444 e. The highest BCUT2D eigenvalue weighted by molar-refractivity contribution is 6.31. The molecule has 2 fully saturated rings. The van der Waals surface area contributed by atoms with Crippen molar-refractivity contribution in [1.82, 2.24) is 9.88 Å². The van der Waals surface area contributed by atoms with Crippen LogP contribution in [0.2, 0.25) is 5.02 Å². The lowest BCUT2D eigenvalue weighted by atomic mass is 9.82. The van der Waals surface area contributed by atoms with E-state index < -0.39 is 63.2 Å². The summed E-state index contributed by atoms with van der Waals surface area (Å²) in [5.41, 5.74) is -6.21. The molecule has 1 aromatic heterocycles. The summed E-state index contributed by atoms with van der Waals surface area (Å²) >= 11 is 5.79. The number of rotatable bonds is 5. The first-order valence-electron chi connectivity index (χ1n) is 11.1. The Kier molecular flexibility index (Phi) is 6.32. The van der Waals surface area contributed by atoms with Crippen molar-refractivity contribution in [2.24, 2.45) is 5.92 Å². The van der Waals surface area contributed by atoms with Gasteiger partial charge in [0.2, 0.25) is 0 Å². The van der Waals surface area contributed by atoms with Crippen LogP contribution in [0.25, 0.3) is 11.3 Å². The summed E-state index contributed by atoms with van der Waals surface area (Å²) in [6.45, 7) is 3.60. The van der Waals surface area contributed by atoms with Gasteiger partial charge < -0.3 is 25.0 Å². The van der Waals surface area contributed by atoms with Gasteiger partial charge in [-0.05, 0) is 51.7 Å². The van der Waals surface area contributed by atoms with Gasteiger partial charge in [0.15, 0.2) is 5.82 Å². The number of pyridine rings is 1. The summed E-state index contributed by atoms with van der Waals surface area (Å²) in [5, 5.41) is 31.8. The molecule has 1 aromatic carbocycles. The molecule has 190 valence electrons. The van der Waals surface area contributed by atoms with Gasteiger partial charge in [0, 0.05) is 17.2 Å². The van der Waals surface area contributed by atoms with E-state index in [1.54, 1.807) is 20.8 Å². The lowest BCUT2D eigenvalue weighted by molar-refractivity contribution is -0.105. The number of aliphatic hydroxyl groups is 3. The van der Waals surface area contributed by atoms with Gasteiger partial charge in [0.05, 0.1) is 30.4 Å². The zero-order valence-corrected chi connectivity index (χ0v) is 20.2. The maximum Gasteiger partial charge on any atom is 0.410 e. The average Bonchev–Trinajstić information content (AvgIpc) is 3.58. The number of aromatic nitrogens is 1. The quantitative estimate of drug-likeness (QED) is 0.524. The monoisotopic (exact) mass is 514 g/mol. The number of likely N-dealkylation sites (tertiary alicyclic amines) is 1. The fourth-order valence-corrected chi connectivity index (χ4v) is 4.33. The second kappa shape index (κ2) is 8.62. The molecule has 1 atom stereocenters. The number of aliphatic hydroxyl groups excluding tert-OH is 1. The molecule has 11 heteroatoms. The van der Waals surface area contributed by atoms with Crippen molar-refractivity contribution in [3.05, 3.63) is 51.9 Å². The fourth-order valence-electron chi connectivity index (χ4n) is 4.16. The highest BCUT2D eigenvalue weighted by Crippen LogP contribution is 2.47. The molecule has 1 saturated heterocycles. The van der Waals surface area contributed by atoms with Gasteiger partial charge in [-0.1, -0.05) is 11.6 Å². The van der Waals surface area contributed by atoms with Crippen LogP contribution in [0, 0.1) is 23.4 Å². The van der Waals surface area contributed by atoms with Crippen molar-refractivity contribution in [2.45, 2.75) is 50.4 Å². The first-order chi connectivity index (χ1) is 16.2. The number of halogens is 4. The van der Waals surface area contributed by atoms with Crippen LogP contribution in [0.5, 0.6) is 0 Å². The number of carbonyl (C=O) groups is 1. The Bertz CT molecular complexity index is 1180. The highest BCUT2D eigenvalue weighted by atomic mass is 35.5. The third-order valence-electron chi connectivity index (χ3n) is 6.22. The Morgan fingerprint density at radius 2 is 1.83 bits per heavy atom. The van der Waals surface area contributed by atoms with Crippen molar-refractivity contribution >= 4 is 17.7 Å². The number of hydrogen-bond donors (Lipinski definition) is 3. The Labute approximate surface area is 205 Å². The number of benzene rings is 1. The van der Waals surface area contributed by atoms with E-state index in [9.17, 15) is 28.9 Å². The standard InChI is InChI=1S/C24H26ClF3N2O5/c1-22(2,3)35-21(32)30-9-23(33,10-30)14-7-18(24(34,11-31)12-4-5-12)29-20(19(14)28)13-6-15(25)17(27)8-16(13)26/h6-8,12,31,33-34H,4-5,9-11H2,1-3H3/t24-/m1/s1. The summed E-state index contributed by atoms with van der Waals surface area (Å²) in [6, 6.07) is 2.45. The molecule has 1 saturated carbocycles. The van der Waals surface area contributed by atoms with Crippen LogP contribution in [0.3, 0.4) is 0 Å². The number of carbonyl (C=O) groups excluding carboxylic acids is 1. The Balaban J connectivity index is 1.81. The predicted molar refractivity (Wildman–Crippen MR) is 120 cm³/mol. The third kappa shape index (κ3) is 4.72. The van der Waals surface area contributed by atoms with E-state index >= 15 is 4.39 Å². The molecule has 1 aliphatic carbocycles. The van der Waals surface area contributed by atoms with Crippen LogP contribution in [0.1, 0.15) is 44.9 Å². The molecule has 2 heterocycles. The second-order valence-corrected chi connectivity index (χ2v) is 10.6. The average molecular weight is 515 g/mol. The maximum atomic E-state index is 15.8. The minimum atomic E-state index is -1.91.